The van der Waals surface area contributed by atoms with Gasteiger partial charge in [-0.05, 0) is 65.8 Å². The van der Waals surface area contributed by atoms with Crippen LogP contribution in [0.3, 0.4) is 0 Å². The number of imide groups is 1. The fourth-order valence-electron chi connectivity index (χ4n) is 3.30. The molecule has 1 aromatic heterocycles. The minimum atomic E-state index is -0.916. The van der Waals surface area contributed by atoms with Crippen LogP contribution in [-0.2, 0) is 10.3 Å². The fourth-order valence-corrected chi connectivity index (χ4v) is 3.65. The second-order valence-electron chi connectivity index (χ2n) is 9.28. The molecule has 0 bridgehead atoms. The minimum Gasteiger partial charge on any atom is -0.442 e. The number of fused-ring (bicyclic) bond motifs is 1. The molecule has 0 fully saturated rings. The van der Waals surface area contributed by atoms with Crippen molar-refractivity contribution >= 4 is 39.0 Å². The number of nitrogens with zero attached hydrogens (tertiary/aromatic N) is 3. The zero-order valence-electron chi connectivity index (χ0n) is 18.6. The SMILES string of the molecule is CC(C)(C)OC(=O)N(N)C(=O)c1ccccc1-c1nc2cc(Br)ccc2n1C(C)(C)C. The monoisotopic (exact) mass is 486 g/mol. The summed E-state index contributed by atoms with van der Waals surface area (Å²) >= 11 is 3.49. The molecule has 0 spiro atoms. The number of imidazole rings is 1. The Kier molecular flexibility index (Phi) is 5.99. The fraction of sp³-hybridized carbons (Fsp3) is 0.348. The standard InChI is InChI=1S/C23H27BrN4O3/c1-22(2,3)27-18-12-11-14(24)13-17(18)26-19(27)15-9-7-8-10-16(15)20(29)28(25)21(30)31-23(4,5)6/h7-13H,25H2,1-6H3. The largest absolute Gasteiger partial charge is 0.442 e. The number of carbonyl (C=O) groups excluding carboxylic acids is 2. The van der Waals surface area contributed by atoms with Crippen molar-refractivity contribution in [3.8, 4) is 11.4 Å². The van der Waals surface area contributed by atoms with Gasteiger partial charge in [-0.15, -0.1) is 0 Å². The van der Waals surface area contributed by atoms with Crippen molar-refractivity contribution in [1.82, 2.24) is 14.6 Å². The van der Waals surface area contributed by atoms with Gasteiger partial charge in [0.25, 0.3) is 5.91 Å². The number of benzene rings is 2. The summed E-state index contributed by atoms with van der Waals surface area (Å²) in [6.07, 6.45) is -0.916. The molecule has 3 rings (SSSR count). The molecular formula is C23H27BrN4O3. The number of nitrogens with two attached hydrogens (primary N) is 1. The summed E-state index contributed by atoms with van der Waals surface area (Å²) in [4.78, 5) is 30.3. The van der Waals surface area contributed by atoms with Crippen LogP contribution < -0.4 is 5.84 Å². The van der Waals surface area contributed by atoms with Crippen molar-refractivity contribution in [2.24, 2.45) is 5.84 Å². The van der Waals surface area contributed by atoms with Crippen LogP contribution in [0.2, 0.25) is 0 Å². The number of hydrazine groups is 1. The molecule has 0 unspecified atom stereocenters. The van der Waals surface area contributed by atoms with Gasteiger partial charge in [0, 0.05) is 15.6 Å². The van der Waals surface area contributed by atoms with Gasteiger partial charge in [-0.1, -0.05) is 34.1 Å². The van der Waals surface area contributed by atoms with Crippen LogP contribution in [0.25, 0.3) is 22.4 Å². The van der Waals surface area contributed by atoms with Crippen molar-refractivity contribution in [3.05, 3.63) is 52.5 Å². The van der Waals surface area contributed by atoms with Crippen molar-refractivity contribution in [2.45, 2.75) is 52.7 Å². The topological polar surface area (TPSA) is 90.4 Å². The normalized spacial score (nSPS) is 12.1. The summed E-state index contributed by atoms with van der Waals surface area (Å²) < 4.78 is 8.23. The zero-order valence-corrected chi connectivity index (χ0v) is 20.1. The lowest BCUT2D eigenvalue weighted by Crippen LogP contribution is -2.45. The van der Waals surface area contributed by atoms with E-state index in [0.29, 0.717) is 16.4 Å². The van der Waals surface area contributed by atoms with Gasteiger partial charge in [-0.3, -0.25) is 4.79 Å². The van der Waals surface area contributed by atoms with Crippen LogP contribution in [0.1, 0.15) is 51.9 Å². The molecule has 164 valence electrons. The molecule has 2 aromatic carbocycles. The highest BCUT2D eigenvalue weighted by atomic mass is 79.9. The zero-order chi connectivity index (χ0) is 23.1. The molecule has 3 aromatic rings. The minimum absolute atomic E-state index is 0.260. The molecule has 7 nitrogen and oxygen atoms in total. The maximum atomic E-state index is 13.2. The smallest absolute Gasteiger partial charge is 0.432 e. The van der Waals surface area contributed by atoms with Crippen molar-refractivity contribution in [3.63, 3.8) is 0 Å². The highest BCUT2D eigenvalue weighted by Crippen LogP contribution is 2.34. The summed E-state index contributed by atoms with van der Waals surface area (Å²) in [5, 5.41) is 0.505. The third-order valence-electron chi connectivity index (χ3n) is 4.49. The number of ether oxygens (including phenoxy) is 1. The Balaban J connectivity index is 2.16. The van der Waals surface area contributed by atoms with Gasteiger partial charge in [0.15, 0.2) is 0 Å². The highest BCUT2D eigenvalue weighted by Gasteiger charge is 2.30. The molecule has 1 heterocycles. The van der Waals surface area contributed by atoms with Gasteiger partial charge in [0.1, 0.15) is 11.4 Å². The highest BCUT2D eigenvalue weighted by molar-refractivity contribution is 9.10. The first kappa shape index (κ1) is 23.0. The average molecular weight is 487 g/mol. The Morgan fingerprint density at radius 2 is 1.71 bits per heavy atom. The second-order valence-corrected chi connectivity index (χ2v) is 10.2. The van der Waals surface area contributed by atoms with Gasteiger partial charge < -0.3 is 9.30 Å². The number of hydrogen-bond acceptors (Lipinski definition) is 5. The Morgan fingerprint density at radius 3 is 2.32 bits per heavy atom. The number of carbonyl (C=O) groups is 2. The van der Waals surface area contributed by atoms with Crippen LogP contribution in [-0.4, -0.2) is 32.2 Å². The third kappa shape index (κ3) is 4.80. The van der Waals surface area contributed by atoms with Gasteiger partial charge in [0.2, 0.25) is 0 Å². The molecule has 0 aliphatic carbocycles. The Morgan fingerprint density at radius 1 is 1.06 bits per heavy atom. The molecule has 0 saturated heterocycles. The predicted molar refractivity (Wildman–Crippen MR) is 124 cm³/mol. The maximum absolute atomic E-state index is 13.2. The van der Waals surface area contributed by atoms with Crippen LogP contribution in [0.4, 0.5) is 4.79 Å². The van der Waals surface area contributed by atoms with Gasteiger partial charge >= 0.3 is 6.09 Å². The maximum Gasteiger partial charge on any atom is 0.432 e. The van der Waals surface area contributed by atoms with Crippen molar-refractivity contribution < 1.29 is 14.3 Å². The molecule has 0 radical (unpaired) electrons. The summed E-state index contributed by atoms with van der Waals surface area (Å²) in [5.74, 6) is 5.79. The van der Waals surface area contributed by atoms with E-state index in [1.165, 1.54) is 0 Å². The van der Waals surface area contributed by atoms with E-state index in [4.69, 9.17) is 15.6 Å². The Hall–Kier alpha value is -2.71. The number of aromatic nitrogens is 2. The first-order chi connectivity index (χ1) is 14.3. The molecular weight excluding hydrogens is 460 g/mol. The van der Waals surface area contributed by atoms with E-state index in [-0.39, 0.29) is 11.1 Å². The molecule has 2 amide bonds. The number of hydrogen-bond donors (Lipinski definition) is 1. The molecule has 0 saturated carbocycles. The summed E-state index contributed by atoms with van der Waals surface area (Å²) in [7, 11) is 0. The van der Waals surface area contributed by atoms with E-state index >= 15 is 0 Å². The van der Waals surface area contributed by atoms with E-state index in [1.807, 2.05) is 24.3 Å². The molecule has 0 aliphatic rings. The quantitative estimate of drug-likeness (QED) is 0.294. The second kappa shape index (κ2) is 8.09. The van der Waals surface area contributed by atoms with E-state index in [2.05, 4.69) is 41.3 Å². The first-order valence-corrected chi connectivity index (χ1v) is 10.7. The van der Waals surface area contributed by atoms with Crippen LogP contribution >= 0.6 is 15.9 Å². The number of halogens is 1. The van der Waals surface area contributed by atoms with E-state index in [9.17, 15) is 9.59 Å². The number of rotatable bonds is 2. The molecule has 2 N–H and O–H groups in total. The summed E-state index contributed by atoms with van der Waals surface area (Å²) in [6, 6.07) is 12.8. The van der Waals surface area contributed by atoms with Crippen molar-refractivity contribution in [1.29, 1.82) is 0 Å². The lowest BCUT2D eigenvalue weighted by molar-refractivity contribution is 0.0239. The lowest BCUT2D eigenvalue weighted by Gasteiger charge is -2.26. The van der Waals surface area contributed by atoms with Crippen LogP contribution in [0.5, 0.6) is 0 Å². The Labute approximate surface area is 190 Å². The van der Waals surface area contributed by atoms with E-state index in [1.54, 1.807) is 39.0 Å². The summed E-state index contributed by atoms with van der Waals surface area (Å²) in [6.45, 7) is 11.3. The van der Waals surface area contributed by atoms with E-state index < -0.39 is 17.6 Å². The Bertz CT molecular complexity index is 1160. The molecule has 0 atom stereocenters. The van der Waals surface area contributed by atoms with Gasteiger partial charge in [-0.2, -0.15) is 5.01 Å². The first-order valence-electron chi connectivity index (χ1n) is 9.89. The van der Waals surface area contributed by atoms with Gasteiger partial charge in [-0.25, -0.2) is 15.6 Å². The van der Waals surface area contributed by atoms with Crippen LogP contribution in [0, 0.1) is 0 Å². The van der Waals surface area contributed by atoms with E-state index in [0.717, 1.165) is 15.5 Å². The predicted octanol–water partition coefficient (Wildman–Crippen LogP) is 5.47. The van der Waals surface area contributed by atoms with Crippen LogP contribution in [0.15, 0.2) is 46.9 Å². The molecule has 0 aliphatic heterocycles. The number of amides is 2. The average Bonchev–Trinajstić information content (AvgIpc) is 3.04. The molecule has 8 heteroatoms. The third-order valence-corrected chi connectivity index (χ3v) is 4.99. The molecule has 31 heavy (non-hydrogen) atoms. The van der Waals surface area contributed by atoms with Crippen molar-refractivity contribution in [2.75, 3.05) is 0 Å². The summed E-state index contributed by atoms with van der Waals surface area (Å²) in [5.41, 5.74) is 1.47. The van der Waals surface area contributed by atoms with Gasteiger partial charge in [0.05, 0.1) is 16.6 Å². The lowest BCUT2D eigenvalue weighted by atomic mass is 10.0.